The lowest BCUT2D eigenvalue weighted by atomic mass is 10.3. The molecule has 0 saturated heterocycles. The molecule has 0 N–H and O–H groups in total. The number of para-hydroxylation sites is 1. The number of ether oxygens (including phenoxy) is 1. The Bertz CT molecular complexity index is 581. The average molecular weight is 309 g/mol. The van der Waals surface area contributed by atoms with Crippen molar-refractivity contribution in [3.8, 4) is 5.75 Å². The number of rotatable bonds is 4. The third-order valence-electron chi connectivity index (χ3n) is 2.50. The summed E-state index contributed by atoms with van der Waals surface area (Å²) in [5.74, 6) is 0.796. The molecule has 1 aromatic carbocycles. The van der Waals surface area contributed by atoms with Crippen LogP contribution in [0.5, 0.6) is 5.75 Å². The predicted octanol–water partition coefficient (Wildman–Crippen LogP) is 2.39. The number of halogens is 1. The summed E-state index contributed by atoms with van der Waals surface area (Å²) in [6.07, 6.45) is 1.54. The van der Waals surface area contributed by atoms with Gasteiger partial charge in [0.05, 0.1) is 18.6 Å². The molecule has 2 aromatic rings. The molecule has 0 atom stereocenters. The molecule has 0 fully saturated rings. The van der Waals surface area contributed by atoms with E-state index < -0.39 is 0 Å². The number of hydrogen-bond donors (Lipinski definition) is 0. The van der Waals surface area contributed by atoms with Crippen LogP contribution in [0.1, 0.15) is 5.69 Å². The van der Waals surface area contributed by atoms with Crippen LogP contribution in [0.2, 0.25) is 0 Å². The Labute approximate surface area is 113 Å². The zero-order valence-corrected chi connectivity index (χ0v) is 11.6. The number of nitrogens with zero attached hydrogens (tertiary/aromatic N) is 2. The first kappa shape index (κ1) is 12.8. The summed E-state index contributed by atoms with van der Waals surface area (Å²) in [6, 6.07) is 9.51. The summed E-state index contributed by atoms with van der Waals surface area (Å²) in [4.78, 5) is 16.0. The highest BCUT2D eigenvalue weighted by Crippen LogP contribution is 2.08. The van der Waals surface area contributed by atoms with Gasteiger partial charge in [-0.2, -0.15) is 0 Å². The molecular formula is C13H13BrN2O2. The van der Waals surface area contributed by atoms with Crippen molar-refractivity contribution in [3.05, 3.63) is 57.2 Å². The number of hydrogen-bond acceptors (Lipinski definition) is 3. The first-order valence-corrected chi connectivity index (χ1v) is 6.37. The van der Waals surface area contributed by atoms with Gasteiger partial charge in [0, 0.05) is 0 Å². The molecule has 1 heterocycles. The van der Waals surface area contributed by atoms with Gasteiger partial charge in [-0.1, -0.05) is 18.2 Å². The average Bonchev–Trinajstić information content (AvgIpc) is 2.40. The van der Waals surface area contributed by atoms with Gasteiger partial charge in [0.2, 0.25) is 0 Å². The number of aromatic nitrogens is 2. The molecule has 0 saturated carbocycles. The standard InChI is InChI=1S/C13H13BrN2O2/c1-10-12(14)13(17)16(9-15-10)7-8-18-11-5-3-2-4-6-11/h2-6,9H,7-8H2,1H3. The van der Waals surface area contributed by atoms with Gasteiger partial charge in [-0.3, -0.25) is 9.36 Å². The van der Waals surface area contributed by atoms with E-state index in [0.717, 1.165) is 5.75 Å². The van der Waals surface area contributed by atoms with E-state index in [0.29, 0.717) is 23.3 Å². The Balaban J connectivity index is 1.99. The molecule has 0 aliphatic rings. The van der Waals surface area contributed by atoms with E-state index in [1.807, 2.05) is 30.3 Å². The van der Waals surface area contributed by atoms with Crippen LogP contribution in [0.25, 0.3) is 0 Å². The van der Waals surface area contributed by atoms with Crippen molar-refractivity contribution < 1.29 is 4.74 Å². The normalized spacial score (nSPS) is 10.3. The van der Waals surface area contributed by atoms with Crippen LogP contribution >= 0.6 is 15.9 Å². The first-order valence-electron chi connectivity index (χ1n) is 5.58. The van der Waals surface area contributed by atoms with Crippen molar-refractivity contribution in [2.45, 2.75) is 13.5 Å². The molecule has 0 bridgehead atoms. The van der Waals surface area contributed by atoms with Crippen molar-refractivity contribution in [2.75, 3.05) is 6.61 Å². The Hall–Kier alpha value is -1.62. The number of aryl methyl sites for hydroxylation is 1. The van der Waals surface area contributed by atoms with Gasteiger partial charge in [0.15, 0.2) is 0 Å². The molecule has 2 rings (SSSR count). The fourth-order valence-corrected chi connectivity index (χ4v) is 1.81. The van der Waals surface area contributed by atoms with E-state index in [2.05, 4.69) is 20.9 Å². The molecule has 0 aliphatic carbocycles. The summed E-state index contributed by atoms with van der Waals surface area (Å²) < 4.78 is 7.56. The summed E-state index contributed by atoms with van der Waals surface area (Å²) in [7, 11) is 0. The highest BCUT2D eigenvalue weighted by atomic mass is 79.9. The number of benzene rings is 1. The second-order valence-electron chi connectivity index (χ2n) is 3.80. The zero-order chi connectivity index (χ0) is 13.0. The monoisotopic (exact) mass is 308 g/mol. The third kappa shape index (κ3) is 2.98. The maximum Gasteiger partial charge on any atom is 0.267 e. The summed E-state index contributed by atoms with van der Waals surface area (Å²) in [5.41, 5.74) is 0.611. The maximum absolute atomic E-state index is 11.9. The van der Waals surface area contributed by atoms with E-state index in [1.54, 1.807) is 6.92 Å². The molecule has 0 unspecified atom stereocenters. The largest absolute Gasteiger partial charge is 0.492 e. The van der Waals surface area contributed by atoms with Crippen molar-refractivity contribution in [3.63, 3.8) is 0 Å². The van der Waals surface area contributed by atoms with Gasteiger partial charge >= 0.3 is 0 Å². The minimum Gasteiger partial charge on any atom is -0.492 e. The van der Waals surface area contributed by atoms with Crippen LogP contribution in [0.4, 0.5) is 0 Å². The Kier molecular flexibility index (Phi) is 4.15. The smallest absolute Gasteiger partial charge is 0.267 e. The topological polar surface area (TPSA) is 44.1 Å². The molecule has 1 aromatic heterocycles. The van der Waals surface area contributed by atoms with Crippen molar-refractivity contribution in [1.29, 1.82) is 0 Å². The minimum absolute atomic E-state index is 0.0841. The zero-order valence-electron chi connectivity index (χ0n) is 9.97. The molecular weight excluding hydrogens is 296 g/mol. The van der Waals surface area contributed by atoms with Crippen LogP contribution in [0.15, 0.2) is 45.9 Å². The Morgan fingerprint density at radius 1 is 1.33 bits per heavy atom. The van der Waals surface area contributed by atoms with E-state index in [9.17, 15) is 4.79 Å². The minimum atomic E-state index is -0.0841. The fourth-order valence-electron chi connectivity index (χ4n) is 1.48. The van der Waals surface area contributed by atoms with Crippen LogP contribution < -0.4 is 10.3 Å². The van der Waals surface area contributed by atoms with Gasteiger partial charge in [-0.05, 0) is 35.0 Å². The lowest BCUT2D eigenvalue weighted by Gasteiger charge is -2.08. The molecule has 0 spiro atoms. The van der Waals surface area contributed by atoms with Gasteiger partial charge < -0.3 is 4.74 Å². The first-order chi connectivity index (χ1) is 8.68. The third-order valence-corrected chi connectivity index (χ3v) is 3.41. The fraction of sp³-hybridized carbons (Fsp3) is 0.231. The quantitative estimate of drug-likeness (QED) is 0.871. The lowest BCUT2D eigenvalue weighted by Crippen LogP contribution is -2.24. The van der Waals surface area contributed by atoms with Crippen LogP contribution in [-0.4, -0.2) is 16.2 Å². The molecule has 94 valence electrons. The second-order valence-corrected chi connectivity index (χ2v) is 4.60. The maximum atomic E-state index is 11.9. The molecule has 0 radical (unpaired) electrons. The predicted molar refractivity (Wildman–Crippen MR) is 72.9 cm³/mol. The van der Waals surface area contributed by atoms with Gasteiger partial charge in [-0.15, -0.1) is 0 Å². The second kappa shape index (κ2) is 5.82. The molecule has 5 heteroatoms. The molecule has 0 amide bonds. The summed E-state index contributed by atoms with van der Waals surface area (Å²) >= 11 is 3.23. The van der Waals surface area contributed by atoms with Crippen LogP contribution in [-0.2, 0) is 6.54 Å². The Morgan fingerprint density at radius 2 is 2.06 bits per heavy atom. The molecule has 4 nitrogen and oxygen atoms in total. The highest BCUT2D eigenvalue weighted by Gasteiger charge is 2.05. The van der Waals surface area contributed by atoms with E-state index >= 15 is 0 Å². The summed E-state index contributed by atoms with van der Waals surface area (Å²) in [5, 5.41) is 0. The van der Waals surface area contributed by atoms with E-state index in [1.165, 1.54) is 10.9 Å². The van der Waals surface area contributed by atoms with Crippen molar-refractivity contribution in [1.82, 2.24) is 9.55 Å². The van der Waals surface area contributed by atoms with Crippen LogP contribution in [0.3, 0.4) is 0 Å². The summed E-state index contributed by atoms with van der Waals surface area (Å²) in [6.45, 7) is 2.69. The van der Waals surface area contributed by atoms with Crippen molar-refractivity contribution >= 4 is 15.9 Å². The highest BCUT2D eigenvalue weighted by molar-refractivity contribution is 9.10. The van der Waals surface area contributed by atoms with Gasteiger partial charge in [-0.25, -0.2) is 4.98 Å². The van der Waals surface area contributed by atoms with E-state index in [-0.39, 0.29) is 5.56 Å². The SMILES string of the molecule is Cc1ncn(CCOc2ccccc2)c(=O)c1Br. The molecule has 18 heavy (non-hydrogen) atoms. The van der Waals surface area contributed by atoms with Crippen LogP contribution in [0, 0.1) is 6.92 Å². The Morgan fingerprint density at radius 3 is 2.78 bits per heavy atom. The lowest BCUT2D eigenvalue weighted by molar-refractivity contribution is 0.295. The van der Waals surface area contributed by atoms with Crippen molar-refractivity contribution in [2.24, 2.45) is 0 Å². The van der Waals surface area contributed by atoms with E-state index in [4.69, 9.17) is 4.74 Å². The van der Waals surface area contributed by atoms with Gasteiger partial charge in [0.1, 0.15) is 16.8 Å². The molecule has 0 aliphatic heterocycles. The van der Waals surface area contributed by atoms with Gasteiger partial charge in [0.25, 0.3) is 5.56 Å².